The van der Waals surface area contributed by atoms with Gasteiger partial charge in [-0.2, -0.15) is 0 Å². The van der Waals surface area contributed by atoms with Gasteiger partial charge in [0.1, 0.15) is 11.5 Å². The molecule has 1 aliphatic rings. The second-order valence-electron chi connectivity index (χ2n) is 6.21. The van der Waals surface area contributed by atoms with Gasteiger partial charge >= 0.3 is 5.97 Å². The van der Waals surface area contributed by atoms with Gasteiger partial charge in [-0.25, -0.2) is 4.79 Å². The van der Waals surface area contributed by atoms with Crippen molar-refractivity contribution in [2.75, 3.05) is 0 Å². The molecule has 7 heteroatoms. The molecule has 0 N–H and O–H groups in total. The number of nitrogens with zero attached hydrogens (tertiary/aromatic N) is 1. The number of fused-ring (bicyclic) bond motifs is 1. The van der Waals surface area contributed by atoms with Gasteiger partial charge in [0.15, 0.2) is 5.76 Å². The molecule has 0 aliphatic carbocycles. The molecule has 0 aromatic heterocycles. The number of benzene rings is 3. The number of nitro groups is 1. The number of nitro benzene ring substituents is 1. The van der Waals surface area contributed by atoms with Gasteiger partial charge in [-0.15, -0.1) is 0 Å². The van der Waals surface area contributed by atoms with Crippen LogP contribution >= 0.6 is 0 Å². The maximum absolute atomic E-state index is 12.5. The molecule has 3 aromatic rings. The largest absolute Gasteiger partial charge is 0.452 e. The molecule has 0 atom stereocenters. The smallest absolute Gasteiger partial charge is 0.343 e. The van der Waals surface area contributed by atoms with Gasteiger partial charge < -0.3 is 9.47 Å². The Morgan fingerprint density at radius 3 is 2.55 bits per heavy atom. The molecule has 4 rings (SSSR count). The Kier molecular flexibility index (Phi) is 4.62. The third kappa shape index (κ3) is 3.74. The number of carbonyl (C=O) groups is 2. The quantitative estimate of drug-likeness (QED) is 0.216. The number of non-ortho nitro benzene ring substituents is 1. The van der Waals surface area contributed by atoms with E-state index in [-0.39, 0.29) is 34.3 Å². The number of rotatable bonds is 4. The number of Topliss-reactive ketones (excluding diaryl/α,β-unsaturated/α-hetero) is 1. The number of allylic oxidation sites excluding steroid dienone is 1. The van der Waals surface area contributed by atoms with Gasteiger partial charge in [0, 0.05) is 18.2 Å². The highest BCUT2D eigenvalue weighted by Gasteiger charge is 2.28. The van der Waals surface area contributed by atoms with E-state index in [9.17, 15) is 19.7 Å². The van der Waals surface area contributed by atoms with Crippen molar-refractivity contribution < 1.29 is 24.0 Å². The average Bonchev–Trinajstić information content (AvgIpc) is 3.03. The van der Waals surface area contributed by atoms with Gasteiger partial charge in [0.2, 0.25) is 5.78 Å². The number of hydrogen-bond acceptors (Lipinski definition) is 6. The summed E-state index contributed by atoms with van der Waals surface area (Å²) in [7, 11) is 0. The number of ether oxygens (including phenoxy) is 2. The Hall–Kier alpha value is -4.26. The van der Waals surface area contributed by atoms with E-state index in [4.69, 9.17) is 9.47 Å². The van der Waals surface area contributed by atoms with Gasteiger partial charge in [-0.1, -0.05) is 36.4 Å². The van der Waals surface area contributed by atoms with E-state index in [2.05, 4.69) is 0 Å². The summed E-state index contributed by atoms with van der Waals surface area (Å²) < 4.78 is 10.9. The minimum atomic E-state index is -0.752. The summed E-state index contributed by atoms with van der Waals surface area (Å²) in [5, 5.41) is 10.9. The average molecular weight is 387 g/mol. The Labute approximate surface area is 165 Å². The first-order valence-corrected chi connectivity index (χ1v) is 8.61. The zero-order chi connectivity index (χ0) is 20.4. The lowest BCUT2D eigenvalue weighted by Crippen LogP contribution is -2.08. The summed E-state index contributed by atoms with van der Waals surface area (Å²) in [5.74, 6) is -0.401. The third-order valence-electron chi connectivity index (χ3n) is 4.24. The molecular formula is C22H13NO6. The van der Waals surface area contributed by atoms with E-state index < -0.39 is 10.9 Å². The SMILES string of the molecule is O=C(Oc1ccc2c(c1)OC(=Cc1ccccc1)C2=O)c1cccc([N+](=O)[O-])c1. The van der Waals surface area contributed by atoms with E-state index >= 15 is 0 Å². The first-order valence-electron chi connectivity index (χ1n) is 8.61. The highest BCUT2D eigenvalue weighted by molar-refractivity contribution is 6.14. The van der Waals surface area contributed by atoms with Crippen LogP contribution in [0.1, 0.15) is 26.3 Å². The second kappa shape index (κ2) is 7.40. The number of esters is 1. The van der Waals surface area contributed by atoms with Gasteiger partial charge in [-0.3, -0.25) is 14.9 Å². The molecule has 0 saturated carbocycles. The lowest BCUT2D eigenvalue weighted by Gasteiger charge is -2.05. The van der Waals surface area contributed by atoms with Crippen LogP contribution in [0.2, 0.25) is 0 Å². The molecule has 3 aromatic carbocycles. The predicted octanol–water partition coefficient (Wildman–Crippen LogP) is 4.43. The van der Waals surface area contributed by atoms with E-state index in [1.54, 1.807) is 6.08 Å². The number of carbonyl (C=O) groups excluding carboxylic acids is 2. The fraction of sp³-hybridized carbons (Fsp3) is 0. The minimum Gasteiger partial charge on any atom is -0.452 e. The number of ketones is 1. The molecule has 1 aliphatic heterocycles. The van der Waals surface area contributed by atoms with Crippen LogP contribution in [0.3, 0.4) is 0 Å². The summed E-state index contributed by atoms with van der Waals surface area (Å²) in [6.45, 7) is 0. The Bertz CT molecular complexity index is 1170. The molecule has 7 nitrogen and oxygen atoms in total. The summed E-state index contributed by atoms with van der Waals surface area (Å²) in [5.41, 5.74) is 1.02. The predicted molar refractivity (Wildman–Crippen MR) is 104 cm³/mol. The summed E-state index contributed by atoms with van der Waals surface area (Å²) in [4.78, 5) is 35.1. The Balaban J connectivity index is 1.55. The molecule has 1 heterocycles. The number of hydrogen-bond donors (Lipinski definition) is 0. The normalized spacial score (nSPS) is 13.7. The molecule has 0 amide bonds. The Morgan fingerprint density at radius 1 is 1.00 bits per heavy atom. The molecule has 142 valence electrons. The highest BCUT2D eigenvalue weighted by Crippen LogP contribution is 2.35. The van der Waals surface area contributed by atoms with E-state index in [0.29, 0.717) is 5.56 Å². The van der Waals surface area contributed by atoms with E-state index in [1.807, 2.05) is 30.3 Å². The van der Waals surface area contributed by atoms with Crippen molar-refractivity contribution in [3.05, 3.63) is 105 Å². The standard InChI is InChI=1S/C22H13NO6/c24-21-18-10-9-17(28-22(25)15-7-4-8-16(12-15)23(26)27)13-19(18)29-20(21)11-14-5-2-1-3-6-14/h1-13H. The lowest BCUT2D eigenvalue weighted by molar-refractivity contribution is -0.384. The van der Waals surface area contributed by atoms with Crippen molar-refractivity contribution >= 4 is 23.5 Å². The van der Waals surface area contributed by atoms with Crippen molar-refractivity contribution in [2.45, 2.75) is 0 Å². The van der Waals surface area contributed by atoms with Crippen LogP contribution in [0, 0.1) is 10.1 Å². The zero-order valence-electron chi connectivity index (χ0n) is 14.9. The maximum atomic E-state index is 12.5. The third-order valence-corrected chi connectivity index (χ3v) is 4.24. The molecule has 0 bridgehead atoms. The van der Waals surface area contributed by atoms with Crippen LogP contribution in [0.25, 0.3) is 6.08 Å². The molecule has 0 spiro atoms. The summed E-state index contributed by atoms with van der Waals surface area (Å²) >= 11 is 0. The highest BCUT2D eigenvalue weighted by atomic mass is 16.6. The van der Waals surface area contributed by atoms with Crippen LogP contribution < -0.4 is 9.47 Å². The first-order chi connectivity index (χ1) is 14.0. The summed E-state index contributed by atoms with van der Waals surface area (Å²) in [6, 6.07) is 18.9. The Morgan fingerprint density at radius 2 is 1.79 bits per heavy atom. The fourth-order valence-corrected chi connectivity index (χ4v) is 2.84. The topological polar surface area (TPSA) is 95.7 Å². The molecule has 29 heavy (non-hydrogen) atoms. The molecule has 0 fully saturated rings. The van der Waals surface area contributed by atoms with Crippen LogP contribution in [-0.4, -0.2) is 16.7 Å². The molecule has 0 saturated heterocycles. The second-order valence-corrected chi connectivity index (χ2v) is 6.21. The van der Waals surface area contributed by atoms with Crippen molar-refractivity contribution in [1.29, 1.82) is 0 Å². The van der Waals surface area contributed by atoms with Crippen LogP contribution in [-0.2, 0) is 0 Å². The molecular weight excluding hydrogens is 374 g/mol. The van der Waals surface area contributed by atoms with Crippen molar-refractivity contribution in [3.63, 3.8) is 0 Å². The van der Waals surface area contributed by atoms with Gasteiger partial charge in [0.25, 0.3) is 5.69 Å². The summed E-state index contributed by atoms with van der Waals surface area (Å²) in [6.07, 6.45) is 1.64. The lowest BCUT2D eigenvalue weighted by atomic mass is 10.1. The van der Waals surface area contributed by atoms with Crippen molar-refractivity contribution in [2.24, 2.45) is 0 Å². The van der Waals surface area contributed by atoms with E-state index in [1.165, 1.54) is 36.4 Å². The maximum Gasteiger partial charge on any atom is 0.343 e. The van der Waals surface area contributed by atoms with Crippen LogP contribution in [0.4, 0.5) is 5.69 Å². The molecule has 0 radical (unpaired) electrons. The minimum absolute atomic E-state index is 0.0429. The van der Waals surface area contributed by atoms with Crippen LogP contribution in [0.15, 0.2) is 78.6 Å². The van der Waals surface area contributed by atoms with Crippen LogP contribution in [0.5, 0.6) is 11.5 Å². The van der Waals surface area contributed by atoms with Crippen molar-refractivity contribution in [1.82, 2.24) is 0 Å². The van der Waals surface area contributed by atoms with Gasteiger partial charge in [-0.05, 0) is 29.8 Å². The first kappa shape index (κ1) is 18.1. The van der Waals surface area contributed by atoms with E-state index in [0.717, 1.165) is 11.6 Å². The monoisotopic (exact) mass is 387 g/mol. The zero-order valence-corrected chi connectivity index (χ0v) is 14.9. The fourth-order valence-electron chi connectivity index (χ4n) is 2.84. The van der Waals surface area contributed by atoms with Crippen molar-refractivity contribution in [3.8, 4) is 11.5 Å². The van der Waals surface area contributed by atoms with Gasteiger partial charge in [0.05, 0.1) is 16.1 Å². The molecule has 0 unspecified atom stereocenters.